The number of aromatic carboxylic acids is 1. The van der Waals surface area contributed by atoms with Gasteiger partial charge in [-0.1, -0.05) is 17.7 Å². The van der Waals surface area contributed by atoms with Crippen molar-refractivity contribution in [3.05, 3.63) is 51.7 Å². The van der Waals surface area contributed by atoms with Crippen LogP contribution in [0.3, 0.4) is 0 Å². The largest absolute Gasteiger partial charge is 0.478 e. The van der Waals surface area contributed by atoms with Gasteiger partial charge in [-0.3, -0.25) is 0 Å². The molecule has 1 heterocycles. The molecule has 4 nitrogen and oxygen atoms in total. The highest BCUT2D eigenvalue weighted by molar-refractivity contribution is 5.96. The second-order valence-electron chi connectivity index (χ2n) is 5.51. The lowest BCUT2D eigenvalue weighted by Gasteiger charge is -2.16. The first-order valence-corrected chi connectivity index (χ1v) is 6.86. The van der Waals surface area contributed by atoms with E-state index in [1.54, 1.807) is 13.0 Å². The van der Waals surface area contributed by atoms with Gasteiger partial charge in [0.2, 0.25) is 0 Å². The standard InChI is InChI=1S/C17H20N2O2/c1-9-6-11(3)15(12(4)7-9)19-16-14(17(20)21)10(2)8-13(5)18-16/h6-8H,1-5H3,(H,18,19)(H,20,21). The summed E-state index contributed by atoms with van der Waals surface area (Å²) < 4.78 is 0. The minimum atomic E-state index is -0.968. The van der Waals surface area contributed by atoms with E-state index in [-0.39, 0.29) is 5.56 Å². The van der Waals surface area contributed by atoms with E-state index < -0.39 is 5.97 Å². The lowest BCUT2D eigenvalue weighted by Crippen LogP contribution is -2.09. The van der Waals surface area contributed by atoms with Gasteiger partial charge in [0.1, 0.15) is 11.4 Å². The maximum atomic E-state index is 11.5. The predicted octanol–water partition coefficient (Wildman–Crippen LogP) is 4.07. The van der Waals surface area contributed by atoms with Crippen LogP contribution in [0.2, 0.25) is 0 Å². The molecule has 2 rings (SSSR count). The second kappa shape index (κ2) is 5.56. The van der Waals surface area contributed by atoms with Crippen molar-refractivity contribution in [3.8, 4) is 0 Å². The number of anilines is 2. The molecule has 0 fully saturated rings. The van der Waals surface area contributed by atoms with Gasteiger partial charge in [0.15, 0.2) is 0 Å². The fourth-order valence-corrected chi connectivity index (χ4v) is 2.69. The third-order valence-corrected chi connectivity index (χ3v) is 3.48. The molecule has 1 aromatic heterocycles. The Morgan fingerprint density at radius 3 is 2.10 bits per heavy atom. The van der Waals surface area contributed by atoms with E-state index in [0.29, 0.717) is 11.4 Å². The third kappa shape index (κ3) is 3.05. The molecule has 0 aliphatic carbocycles. The maximum Gasteiger partial charge on any atom is 0.339 e. The Bertz CT molecular complexity index is 698. The molecule has 0 aliphatic rings. The van der Waals surface area contributed by atoms with Gasteiger partial charge in [-0.05, 0) is 57.4 Å². The Morgan fingerprint density at radius 2 is 1.57 bits per heavy atom. The molecular formula is C17H20N2O2. The highest BCUT2D eigenvalue weighted by atomic mass is 16.4. The van der Waals surface area contributed by atoms with E-state index in [1.165, 1.54) is 5.56 Å². The molecule has 0 amide bonds. The molecule has 0 spiro atoms. The van der Waals surface area contributed by atoms with Gasteiger partial charge in [0.05, 0.1) is 0 Å². The Hall–Kier alpha value is -2.36. The molecule has 0 saturated carbocycles. The zero-order valence-corrected chi connectivity index (χ0v) is 13.0. The van der Waals surface area contributed by atoms with Gasteiger partial charge in [0.25, 0.3) is 0 Å². The number of nitrogens with zero attached hydrogens (tertiary/aromatic N) is 1. The molecule has 21 heavy (non-hydrogen) atoms. The van der Waals surface area contributed by atoms with Crippen LogP contribution in [0.25, 0.3) is 0 Å². The summed E-state index contributed by atoms with van der Waals surface area (Å²) in [5, 5.41) is 12.6. The Labute approximate surface area is 124 Å². The Balaban J connectivity index is 2.57. The number of carboxylic acid groups (broad SMARTS) is 1. The first kappa shape index (κ1) is 15.0. The number of rotatable bonds is 3. The van der Waals surface area contributed by atoms with Crippen molar-refractivity contribution in [2.45, 2.75) is 34.6 Å². The average molecular weight is 284 g/mol. The van der Waals surface area contributed by atoms with Gasteiger partial charge in [-0.2, -0.15) is 0 Å². The van der Waals surface area contributed by atoms with Crippen molar-refractivity contribution in [1.82, 2.24) is 4.98 Å². The number of benzene rings is 1. The molecule has 0 aliphatic heterocycles. The first-order chi connectivity index (χ1) is 9.79. The van der Waals surface area contributed by atoms with Crippen LogP contribution in [0.15, 0.2) is 18.2 Å². The third-order valence-electron chi connectivity index (χ3n) is 3.48. The van der Waals surface area contributed by atoms with Crippen LogP contribution in [-0.4, -0.2) is 16.1 Å². The van der Waals surface area contributed by atoms with Gasteiger partial charge in [0, 0.05) is 11.4 Å². The summed E-state index contributed by atoms with van der Waals surface area (Å²) in [5.74, 6) is -0.569. The van der Waals surface area contributed by atoms with E-state index in [9.17, 15) is 9.90 Å². The molecule has 0 atom stereocenters. The molecule has 110 valence electrons. The van der Waals surface area contributed by atoms with Crippen molar-refractivity contribution in [3.63, 3.8) is 0 Å². The lowest BCUT2D eigenvalue weighted by atomic mass is 10.0. The predicted molar refractivity (Wildman–Crippen MR) is 84.6 cm³/mol. The van der Waals surface area contributed by atoms with E-state index in [1.807, 2.05) is 27.7 Å². The molecule has 4 heteroatoms. The van der Waals surface area contributed by atoms with E-state index in [2.05, 4.69) is 22.4 Å². The van der Waals surface area contributed by atoms with Crippen LogP contribution in [0.4, 0.5) is 11.5 Å². The SMILES string of the molecule is Cc1cc(C)c(Nc2nc(C)cc(C)c2C(=O)O)c(C)c1. The van der Waals surface area contributed by atoms with E-state index in [4.69, 9.17) is 0 Å². The average Bonchev–Trinajstić information content (AvgIpc) is 2.32. The zero-order valence-electron chi connectivity index (χ0n) is 13.0. The Kier molecular flexibility index (Phi) is 3.98. The van der Waals surface area contributed by atoms with Gasteiger partial charge < -0.3 is 10.4 Å². The molecule has 2 N–H and O–H groups in total. The van der Waals surface area contributed by atoms with Crippen LogP contribution in [0, 0.1) is 34.6 Å². The molecule has 0 saturated heterocycles. The topological polar surface area (TPSA) is 62.2 Å². The fraction of sp³-hybridized carbons (Fsp3) is 0.294. The molecule has 0 radical (unpaired) electrons. The smallest absolute Gasteiger partial charge is 0.339 e. The summed E-state index contributed by atoms with van der Waals surface area (Å²) >= 11 is 0. The number of carboxylic acids is 1. The number of nitrogens with one attached hydrogen (secondary N) is 1. The number of aromatic nitrogens is 1. The molecule has 2 aromatic rings. The highest BCUT2D eigenvalue weighted by Crippen LogP contribution is 2.28. The number of carbonyl (C=O) groups is 1. The summed E-state index contributed by atoms with van der Waals surface area (Å²) in [6.07, 6.45) is 0. The van der Waals surface area contributed by atoms with Crippen LogP contribution >= 0.6 is 0 Å². The number of pyridine rings is 1. The van der Waals surface area contributed by atoms with Gasteiger partial charge in [-0.15, -0.1) is 0 Å². The second-order valence-corrected chi connectivity index (χ2v) is 5.51. The van der Waals surface area contributed by atoms with Gasteiger partial charge >= 0.3 is 5.97 Å². The molecular weight excluding hydrogens is 264 g/mol. The normalized spacial score (nSPS) is 10.5. The summed E-state index contributed by atoms with van der Waals surface area (Å²) in [5.41, 5.74) is 5.97. The molecule has 0 bridgehead atoms. The Morgan fingerprint density at radius 1 is 1.00 bits per heavy atom. The quantitative estimate of drug-likeness (QED) is 0.892. The highest BCUT2D eigenvalue weighted by Gasteiger charge is 2.17. The van der Waals surface area contributed by atoms with Crippen molar-refractivity contribution >= 4 is 17.5 Å². The summed E-state index contributed by atoms with van der Waals surface area (Å²) in [6, 6.07) is 5.92. The van der Waals surface area contributed by atoms with Crippen LogP contribution in [-0.2, 0) is 0 Å². The summed E-state index contributed by atoms with van der Waals surface area (Å²) in [4.78, 5) is 15.9. The van der Waals surface area contributed by atoms with Crippen LogP contribution in [0.5, 0.6) is 0 Å². The number of hydrogen-bond acceptors (Lipinski definition) is 3. The molecule has 1 aromatic carbocycles. The lowest BCUT2D eigenvalue weighted by molar-refractivity contribution is 0.0697. The first-order valence-electron chi connectivity index (χ1n) is 6.86. The minimum absolute atomic E-state index is 0.222. The monoisotopic (exact) mass is 284 g/mol. The van der Waals surface area contributed by atoms with Crippen molar-refractivity contribution in [2.24, 2.45) is 0 Å². The summed E-state index contributed by atoms with van der Waals surface area (Å²) in [6.45, 7) is 9.70. The molecule has 0 unspecified atom stereocenters. The van der Waals surface area contributed by atoms with Gasteiger partial charge in [-0.25, -0.2) is 9.78 Å². The number of hydrogen-bond donors (Lipinski definition) is 2. The van der Waals surface area contributed by atoms with Crippen LogP contribution < -0.4 is 5.32 Å². The van der Waals surface area contributed by atoms with Crippen molar-refractivity contribution in [2.75, 3.05) is 5.32 Å². The zero-order chi connectivity index (χ0) is 15.7. The van der Waals surface area contributed by atoms with E-state index >= 15 is 0 Å². The van der Waals surface area contributed by atoms with Crippen LogP contribution in [0.1, 0.15) is 38.3 Å². The minimum Gasteiger partial charge on any atom is -0.478 e. The van der Waals surface area contributed by atoms with E-state index in [0.717, 1.165) is 22.5 Å². The fourth-order valence-electron chi connectivity index (χ4n) is 2.69. The number of aryl methyl sites for hydroxylation is 5. The van der Waals surface area contributed by atoms with Crippen molar-refractivity contribution in [1.29, 1.82) is 0 Å². The summed E-state index contributed by atoms with van der Waals surface area (Å²) in [7, 11) is 0. The maximum absolute atomic E-state index is 11.5. The van der Waals surface area contributed by atoms with Crippen molar-refractivity contribution < 1.29 is 9.90 Å².